The molecule has 9 heteroatoms. The number of methoxy groups -OCH3 is 1. The van der Waals surface area contributed by atoms with Crippen molar-refractivity contribution in [2.24, 2.45) is 5.10 Å². The van der Waals surface area contributed by atoms with E-state index in [1.165, 1.54) is 13.3 Å². The Hall–Kier alpha value is -3.20. The Morgan fingerprint density at radius 1 is 1.27 bits per heavy atom. The molecule has 3 aromatic rings. The first kappa shape index (κ1) is 17.6. The molecule has 0 spiro atoms. The predicted octanol–water partition coefficient (Wildman–Crippen LogP) is 2.75. The van der Waals surface area contributed by atoms with E-state index >= 15 is 0 Å². The van der Waals surface area contributed by atoms with Crippen molar-refractivity contribution in [1.82, 2.24) is 15.2 Å². The fourth-order valence-corrected chi connectivity index (χ4v) is 2.62. The summed E-state index contributed by atoms with van der Waals surface area (Å²) in [6, 6.07) is 12.3. The number of ether oxygens (including phenoxy) is 1. The maximum absolute atomic E-state index is 12.1. The molecule has 0 fully saturated rings. The molecule has 1 aromatic heterocycles. The molecule has 0 radical (unpaired) electrons. The molecule has 0 bridgehead atoms. The number of hydrazone groups is 1. The molecule has 0 unspecified atom stereocenters. The highest BCUT2D eigenvalue weighted by Crippen LogP contribution is 2.34. The number of benzene rings is 2. The smallest absolute Gasteiger partial charge is 0.279 e. The number of H-pyrrole nitrogens is 1. The normalized spacial score (nSPS) is 10.8. The first-order chi connectivity index (χ1) is 12.6. The quantitative estimate of drug-likeness (QED) is 0.436. The van der Waals surface area contributed by atoms with E-state index < -0.39 is 0 Å². The van der Waals surface area contributed by atoms with Gasteiger partial charge < -0.3 is 9.84 Å². The molecule has 0 aliphatic carbocycles. The molecule has 3 rings (SSSR count). The van der Waals surface area contributed by atoms with Crippen LogP contribution in [0.4, 0.5) is 5.95 Å². The number of phenols is 1. The number of rotatable bonds is 5. The van der Waals surface area contributed by atoms with Crippen LogP contribution in [0.15, 0.2) is 56.8 Å². The Bertz CT molecular complexity index is 1010. The summed E-state index contributed by atoms with van der Waals surface area (Å²) in [7, 11) is 1.45. The van der Waals surface area contributed by atoms with E-state index in [0.717, 1.165) is 0 Å². The first-order valence-electron chi connectivity index (χ1n) is 7.46. The highest BCUT2D eigenvalue weighted by molar-refractivity contribution is 9.10. The Morgan fingerprint density at radius 3 is 2.73 bits per heavy atom. The van der Waals surface area contributed by atoms with Gasteiger partial charge in [-0.05, 0) is 33.6 Å². The molecule has 0 amide bonds. The van der Waals surface area contributed by atoms with E-state index in [2.05, 4.69) is 41.6 Å². The van der Waals surface area contributed by atoms with E-state index in [0.29, 0.717) is 21.3 Å². The number of phenolic OH excluding ortho intramolecular Hbond substituents is 1. The molecule has 0 saturated heterocycles. The summed E-state index contributed by atoms with van der Waals surface area (Å²) < 4.78 is 5.54. The number of nitrogens with zero attached hydrogens (tertiary/aromatic N) is 3. The van der Waals surface area contributed by atoms with Crippen LogP contribution in [0.1, 0.15) is 5.56 Å². The van der Waals surface area contributed by atoms with Gasteiger partial charge >= 0.3 is 0 Å². The number of halogens is 1. The topological polar surface area (TPSA) is 112 Å². The van der Waals surface area contributed by atoms with Crippen molar-refractivity contribution in [2.75, 3.05) is 12.5 Å². The molecule has 132 valence electrons. The number of aromatic hydroxyl groups is 1. The van der Waals surface area contributed by atoms with Gasteiger partial charge in [-0.15, -0.1) is 10.2 Å². The van der Waals surface area contributed by atoms with Crippen molar-refractivity contribution >= 4 is 28.1 Å². The van der Waals surface area contributed by atoms with Gasteiger partial charge in [-0.3, -0.25) is 9.78 Å². The minimum atomic E-state index is -0.377. The predicted molar refractivity (Wildman–Crippen MR) is 102 cm³/mol. The van der Waals surface area contributed by atoms with Crippen LogP contribution >= 0.6 is 15.9 Å². The highest BCUT2D eigenvalue weighted by Gasteiger charge is 2.08. The number of nitrogens with one attached hydrogen (secondary N) is 2. The van der Waals surface area contributed by atoms with Gasteiger partial charge in [0.05, 0.1) is 17.8 Å². The maximum atomic E-state index is 12.1. The van der Waals surface area contributed by atoms with Crippen LogP contribution in [0.25, 0.3) is 11.3 Å². The minimum Gasteiger partial charge on any atom is -0.503 e. The van der Waals surface area contributed by atoms with Gasteiger partial charge in [0.1, 0.15) is 0 Å². The van der Waals surface area contributed by atoms with Crippen molar-refractivity contribution in [3.8, 4) is 22.8 Å². The van der Waals surface area contributed by atoms with Gasteiger partial charge in [-0.1, -0.05) is 30.3 Å². The average Bonchev–Trinajstić information content (AvgIpc) is 2.65. The van der Waals surface area contributed by atoms with Crippen LogP contribution < -0.4 is 15.7 Å². The monoisotopic (exact) mass is 415 g/mol. The third kappa shape index (κ3) is 3.89. The number of anilines is 1. The summed E-state index contributed by atoms with van der Waals surface area (Å²) >= 11 is 3.23. The zero-order valence-corrected chi connectivity index (χ0v) is 15.2. The van der Waals surface area contributed by atoms with Gasteiger partial charge in [0, 0.05) is 5.56 Å². The van der Waals surface area contributed by atoms with Crippen molar-refractivity contribution in [2.45, 2.75) is 0 Å². The summed E-state index contributed by atoms with van der Waals surface area (Å²) in [5.41, 5.74) is 3.80. The number of hydrogen-bond donors (Lipinski definition) is 3. The Balaban J connectivity index is 1.76. The second-order valence-electron chi connectivity index (χ2n) is 5.14. The van der Waals surface area contributed by atoms with Gasteiger partial charge in [-0.25, -0.2) is 5.43 Å². The zero-order valence-electron chi connectivity index (χ0n) is 13.6. The van der Waals surface area contributed by atoms with E-state index in [4.69, 9.17) is 4.74 Å². The van der Waals surface area contributed by atoms with Crippen LogP contribution in [-0.4, -0.2) is 33.6 Å². The lowest BCUT2D eigenvalue weighted by molar-refractivity contribution is 0.372. The Kier molecular flexibility index (Phi) is 5.28. The molecule has 8 nitrogen and oxygen atoms in total. The van der Waals surface area contributed by atoms with E-state index in [9.17, 15) is 9.90 Å². The number of aromatic amines is 1. The Morgan fingerprint density at radius 2 is 2.04 bits per heavy atom. The molecule has 26 heavy (non-hydrogen) atoms. The minimum absolute atomic E-state index is 0.00399. The lowest BCUT2D eigenvalue weighted by Crippen LogP contribution is -2.15. The molecule has 1 heterocycles. The molecular weight excluding hydrogens is 402 g/mol. The van der Waals surface area contributed by atoms with Crippen LogP contribution in [0.2, 0.25) is 0 Å². The fourth-order valence-electron chi connectivity index (χ4n) is 2.16. The van der Waals surface area contributed by atoms with E-state index in [-0.39, 0.29) is 23.0 Å². The number of hydrogen-bond acceptors (Lipinski definition) is 7. The number of aromatic nitrogens is 3. The van der Waals surface area contributed by atoms with Crippen LogP contribution in [0.3, 0.4) is 0 Å². The SMILES string of the molecule is COc1cc(/C=N\Nc2nnc(-c3ccccc3)c(=O)[nH]2)cc(Br)c1O. The summed E-state index contributed by atoms with van der Waals surface area (Å²) in [4.78, 5) is 14.7. The van der Waals surface area contributed by atoms with Gasteiger partial charge in [-0.2, -0.15) is 5.10 Å². The zero-order chi connectivity index (χ0) is 18.5. The van der Waals surface area contributed by atoms with Crippen LogP contribution in [-0.2, 0) is 0 Å². The summed E-state index contributed by atoms with van der Waals surface area (Å²) in [5.74, 6) is 0.418. The van der Waals surface area contributed by atoms with Crippen LogP contribution in [0, 0.1) is 0 Å². The first-order valence-corrected chi connectivity index (χ1v) is 8.26. The third-order valence-electron chi connectivity index (χ3n) is 3.40. The maximum Gasteiger partial charge on any atom is 0.279 e. The molecule has 2 aromatic carbocycles. The summed E-state index contributed by atoms with van der Waals surface area (Å²) in [6.45, 7) is 0. The van der Waals surface area contributed by atoms with Crippen molar-refractivity contribution < 1.29 is 9.84 Å². The second-order valence-corrected chi connectivity index (χ2v) is 6.00. The lowest BCUT2D eigenvalue weighted by atomic mass is 10.2. The standard InChI is InChI=1S/C17H14BrN5O3/c1-26-13-8-10(7-12(18)15(13)24)9-19-22-17-20-16(25)14(21-23-17)11-5-3-2-4-6-11/h2-9,24H,1H3,(H2,20,22,23,25)/b19-9-. The van der Waals surface area contributed by atoms with Gasteiger partial charge in [0.2, 0.25) is 5.95 Å². The van der Waals surface area contributed by atoms with Crippen molar-refractivity contribution in [1.29, 1.82) is 0 Å². The second kappa shape index (κ2) is 7.79. The lowest BCUT2D eigenvalue weighted by Gasteiger charge is -2.06. The summed E-state index contributed by atoms with van der Waals surface area (Å²) in [6.07, 6.45) is 1.48. The fraction of sp³-hybridized carbons (Fsp3) is 0.0588. The Labute approximate surface area is 156 Å². The van der Waals surface area contributed by atoms with Crippen molar-refractivity contribution in [3.05, 3.63) is 62.9 Å². The molecule has 0 aliphatic heterocycles. The van der Waals surface area contributed by atoms with Crippen molar-refractivity contribution in [3.63, 3.8) is 0 Å². The van der Waals surface area contributed by atoms with E-state index in [1.54, 1.807) is 24.3 Å². The van der Waals surface area contributed by atoms with Gasteiger partial charge in [0.15, 0.2) is 17.2 Å². The average molecular weight is 416 g/mol. The largest absolute Gasteiger partial charge is 0.503 e. The molecule has 0 atom stereocenters. The van der Waals surface area contributed by atoms with Gasteiger partial charge in [0.25, 0.3) is 5.56 Å². The summed E-state index contributed by atoms with van der Waals surface area (Å²) in [5, 5.41) is 21.6. The molecule has 3 N–H and O–H groups in total. The molecule has 0 saturated carbocycles. The highest BCUT2D eigenvalue weighted by atomic mass is 79.9. The van der Waals surface area contributed by atoms with E-state index in [1.807, 2.05) is 18.2 Å². The molecular formula is C17H14BrN5O3. The third-order valence-corrected chi connectivity index (χ3v) is 4.00. The van der Waals surface area contributed by atoms with Crippen LogP contribution in [0.5, 0.6) is 11.5 Å². The molecule has 0 aliphatic rings.